The van der Waals surface area contributed by atoms with Crippen molar-refractivity contribution in [1.29, 1.82) is 0 Å². The van der Waals surface area contributed by atoms with Gasteiger partial charge in [0, 0.05) is 23.9 Å². The first-order chi connectivity index (χ1) is 11.2. The SMILES string of the molecule is COc1cc(CC2NCCc3nc(N)sc32)cc(OC)c1OC.Cl. The van der Waals surface area contributed by atoms with Crippen molar-refractivity contribution in [2.24, 2.45) is 0 Å². The van der Waals surface area contributed by atoms with E-state index in [1.165, 1.54) is 4.88 Å². The number of anilines is 1. The van der Waals surface area contributed by atoms with Gasteiger partial charge in [-0.3, -0.25) is 0 Å². The van der Waals surface area contributed by atoms with Crippen LogP contribution in [0.4, 0.5) is 5.13 Å². The summed E-state index contributed by atoms with van der Waals surface area (Å²) in [6.45, 7) is 0.908. The molecule has 0 aliphatic carbocycles. The minimum atomic E-state index is 0. The molecular formula is C16H22ClN3O3S. The maximum atomic E-state index is 5.87. The molecule has 0 spiro atoms. The lowest BCUT2D eigenvalue weighted by Crippen LogP contribution is -2.30. The highest BCUT2D eigenvalue weighted by molar-refractivity contribution is 7.15. The highest BCUT2D eigenvalue weighted by Crippen LogP contribution is 2.40. The van der Waals surface area contributed by atoms with Crippen LogP contribution in [0.25, 0.3) is 0 Å². The second-order valence-corrected chi connectivity index (χ2v) is 6.42. The number of methoxy groups -OCH3 is 3. The van der Waals surface area contributed by atoms with Crippen LogP contribution in [-0.4, -0.2) is 32.9 Å². The molecular weight excluding hydrogens is 350 g/mol. The standard InChI is InChI=1S/C16H21N3O3S.ClH/c1-20-12-7-9(8-13(21-2)14(12)22-3)6-11-15-10(4-5-18-11)19-16(17)23-15;/h7-8,11,18H,4-6H2,1-3H3,(H2,17,19);1H. The topological polar surface area (TPSA) is 78.6 Å². The number of hydrogen-bond acceptors (Lipinski definition) is 7. The van der Waals surface area contributed by atoms with E-state index < -0.39 is 0 Å². The van der Waals surface area contributed by atoms with Gasteiger partial charge in [-0.2, -0.15) is 0 Å². The van der Waals surface area contributed by atoms with Gasteiger partial charge < -0.3 is 25.3 Å². The highest BCUT2D eigenvalue weighted by atomic mass is 35.5. The summed E-state index contributed by atoms with van der Waals surface area (Å²) in [5, 5.41) is 4.18. The smallest absolute Gasteiger partial charge is 0.203 e. The van der Waals surface area contributed by atoms with E-state index in [0.29, 0.717) is 22.4 Å². The Hall–Kier alpha value is -1.70. The van der Waals surface area contributed by atoms with E-state index in [0.717, 1.165) is 30.6 Å². The Morgan fingerprint density at radius 3 is 2.46 bits per heavy atom. The number of nitrogens with zero attached hydrogens (tertiary/aromatic N) is 1. The van der Waals surface area contributed by atoms with Crippen molar-refractivity contribution in [3.63, 3.8) is 0 Å². The van der Waals surface area contributed by atoms with Crippen LogP contribution in [0.3, 0.4) is 0 Å². The van der Waals surface area contributed by atoms with Crippen molar-refractivity contribution in [1.82, 2.24) is 10.3 Å². The Balaban J connectivity index is 0.00000208. The maximum absolute atomic E-state index is 5.87. The highest BCUT2D eigenvalue weighted by Gasteiger charge is 2.25. The summed E-state index contributed by atoms with van der Waals surface area (Å²) >= 11 is 1.56. The molecule has 24 heavy (non-hydrogen) atoms. The van der Waals surface area contributed by atoms with Crippen molar-refractivity contribution < 1.29 is 14.2 Å². The molecule has 1 aromatic heterocycles. The number of hydrogen-bond donors (Lipinski definition) is 2. The largest absolute Gasteiger partial charge is 0.493 e. The Bertz CT molecular complexity index is 683. The summed E-state index contributed by atoms with van der Waals surface area (Å²) in [5.41, 5.74) is 8.09. The third kappa shape index (κ3) is 3.53. The molecule has 1 aliphatic heterocycles. The van der Waals surface area contributed by atoms with Crippen molar-refractivity contribution in [3.8, 4) is 17.2 Å². The van der Waals surface area contributed by atoms with Gasteiger partial charge in [0.15, 0.2) is 16.6 Å². The average Bonchev–Trinajstić information content (AvgIpc) is 2.95. The molecule has 3 N–H and O–H groups in total. The zero-order valence-corrected chi connectivity index (χ0v) is 15.6. The molecule has 1 aliphatic rings. The molecule has 3 rings (SSSR count). The van der Waals surface area contributed by atoms with Crippen LogP contribution in [0.2, 0.25) is 0 Å². The van der Waals surface area contributed by atoms with E-state index >= 15 is 0 Å². The third-order valence-electron chi connectivity index (χ3n) is 3.98. The summed E-state index contributed by atoms with van der Waals surface area (Å²) in [4.78, 5) is 5.65. The number of ether oxygens (including phenoxy) is 3. The van der Waals surface area contributed by atoms with Crippen LogP contribution in [0.15, 0.2) is 12.1 Å². The van der Waals surface area contributed by atoms with Crippen LogP contribution < -0.4 is 25.3 Å². The molecule has 0 amide bonds. The monoisotopic (exact) mass is 371 g/mol. The van der Waals surface area contributed by atoms with E-state index in [2.05, 4.69) is 10.3 Å². The molecule has 2 aromatic rings. The van der Waals surface area contributed by atoms with Crippen LogP contribution >= 0.6 is 23.7 Å². The number of nitrogen functional groups attached to an aromatic ring is 1. The van der Waals surface area contributed by atoms with Crippen molar-refractivity contribution in [3.05, 3.63) is 28.3 Å². The maximum Gasteiger partial charge on any atom is 0.203 e. The summed E-state index contributed by atoms with van der Waals surface area (Å²) < 4.78 is 16.2. The Morgan fingerprint density at radius 2 is 1.88 bits per heavy atom. The number of nitrogens with one attached hydrogen (secondary N) is 1. The molecule has 0 saturated heterocycles. The number of rotatable bonds is 5. The minimum absolute atomic E-state index is 0. The van der Waals surface area contributed by atoms with E-state index in [1.807, 2.05) is 12.1 Å². The van der Waals surface area contributed by atoms with Crippen LogP contribution in [-0.2, 0) is 12.8 Å². The first-order valence-electron chi connectivity index (χ1n) is 7.43. The van der Waals surface area contributed by atoms with Gasteiger partial charge in [0.05, 0.1) is 27.0 Å². The summed E-state index contributed by atoms with van der Waals surface area (Å²) in [5.74, 6) is 1.95. The summed E-state index contributed by atoms with van der Waals surface area (Å²) in [6.07, 6.45) is 1.74. The number of halogens is 1. The fraction of sp³-hybridized carbons (Fsp3) is 0.438. The molecule has 1 aromatic carbocycles. The number of fused-ring (bicyclic) bond motifs is 1. The van der Waals surface area contributed by atoms with Gasteiger partial charge in [0.2, 0.25) is 5.75 Å². The third-order valence-corrected chi connectivity index (χ3v) is 5.02. The Morgan fingerprint density at radius 1 is 1.21 bits per heavy atom. The lowest BCUT2D eigenvalue weighted by atomic mass is 9.99. The fourth-order valence-corrected chi connectivity index (χ4v) is 3.90. The zero-order chi connectivity index (χ0) is 16.4. The van der Waals surface area contributed by atoms with Gasteiger partial charge in [-0.25, -0.2) is 4.98 Å². The molecule has 6 nitrogen and oxygen atoms in total. The normalized spacial score (nSPS) is 16.0. The zero-order valence-electron chi connectivity index (χ0n) is 13.9. The van der Waals surface area contributed by atoms with Crippen molar-refractivity contribution >= 4 is 28.9 Å². The van der Waals surface area contributed by atoms with Crippen molar-refractivity contribution in [2.75, 3.05) is 33.6 Å². The van der Waals surface area contributed by atoms with Gasteiger partial charge in [-0.15, -0.1) is 23.7 Å². The lowest BCUT2D eigenvalue weighted by molar-refractivity contribution is 0.323. The summed E-state index contributed by atoms with van der Waals surface area (Å²) in [7, 11) is 4.86. The van der Waals surface area contributed by atoms with Crippen molar-refractivity contribution in [2.45, 2.75) is 18.9 Å². The number of nitrogens with two attached hydrogens (primary N) is 1. The molecule has 0 saturated carbocycles. The first-order valence-corrected chi connectivity index (χ1v) is 8.25. The second-order valence-electron chi connectivity index (χ2n) is 5.36. The van der Waals surface area contributed by atoms with Gasteiger partial charge in [-0.1, -0.05) is 0 Å². The number of aromatic nitrogens is 1. The van der Waals surface area contributed by atoms with Crippen LogP contribution in [0, 0.1) is 0 Å². The molecule has 2 heterocycles. The Labute approximate surface area is 151 Å². The van der Waals surface area contributed by atoms with Crippen LogP contribution in [0.1, 0.15) is 22.2 Å². The molecule has 1 atom stereocenters. The van der Waals surface area contributed by atoms with Gasteiger partial charge in [-0.05, 0) is 24.1 Å². The number of thiazole rings is 1. The minimum Gasteiger partial charge on any atom is -0.493 e. The molecule has 0 fully saturated rings. The van der Waals surface area contributed by atoms with E-state index in [4.69, 9.17) is 19.9 Å². The molecule has 1 unspecified atom stereocenters. The van der Waals surface area contributed by atoms with Gasteiger partial charge in [0.1, 0.15) is 0 Å². The van der Waals surface area contributed by atoms with E-state index in [-0.39, 0.29) is 18.4 Å². The molecule has 8 heteroatoms. The quantitative estimate of drug-likeness (QED) is 0.841. The molecule has 132 valence electrons. The lowest BCUT2D eigenvalue weighted by Gasteiger charge is -2.23. The number of benzene rings is 1. The second kappa shape index (κ2) is 7.92. The predicted octanol–water partition coefficient (Wildman–Crippen LogP) is 2.60. The first kappa shape index (κ1) is 18.6. The van der Waals surface area contributed by atoms with Gasteiger partial charge >= 0.3 is 0 Å². The Kier molecular flexibility index (Phi) is 6.15. The van der Waals surface area contributed by atoms with Gasteiger partial charge in [0.25, 0.3) is 0 Å². The molecule has 0 bridgehead atoms. The fourth-order valence-electron chi connectivity index (χ4n) is 2.95. The van der Waals surface area contributed by atoms with E-state index in [1.54, 1.807) is 32.7 Å². The van der Waals surface area contributed by atoms with Crippen LogP contribution in [0.5, 0.6) is 17.2 Å². The summed E-state index contributed by atoms with van der Waals surface area (Å²) in [6, 6.07) is 4.18. The predicted molar refractivity (Wildman–Crippen MR) is 98.0 cm³/mol. The average molecular weight is 372 g/mol. The van der Waals surface area contributed by atoms with E-state index in [9.17, 15) is 0 Å². The molecule has 0 radical (unpaired) electrons.